The van der Waals surface area contributed by atoms with Crippen molar-refractivity contribution in [2.24, 2.45) is 34.5 Å². The summed E-state index contributed by atoms with van der Waals surface area (Å²) >= 11 is 0. The van der Waals surface area contributed by atoms with Crippen molar-refractivity contribution in [3.05, 3.63) is 0 Å². The van der Waals surface area contributed by atoms with Crippen LogP contribution in [0.15, 0.2) is 0 Å². The minimum absolute atomic E-state index is 0.0897. The molecule has 2 saturated carbocycles. The van der Waals surface area contributed by atoms with E-state index in [0.717, 1.165) is 6.42 Å². The van der Waals surface area contributed by atoms with Crippen molar-refractivity contribution in [1.29, 1.82) is 0 Å². The van der Waals surface area contributed by atoms with Gasteiger partial charge >= 0.3 is 5.97 Å². The second-order valence-corrected chi connectivity index (χ2v) is 7.34. The van der Waals surface area contributed by atoms with Crippen molar-refractivity contribution in [3.63, 3.8) is 0 Å². The maximum Gasteiger partial charge on any atom is 0.309 e. The maximum atomic E-state index is 11.9. The van der Waals surface area contributed by atoms with E-state index in [0.29, 0.717) is 23.2 Å². The first kappa shape index (κ1) is 11.6. The van der Waals surface area contributed by atoms with E-state index in [1.165, 1.54) is 6.42 Å². The first-order valence-corrected chi connectivity index (χ1v) is 7.05. The van der Waals surface area contributed by atoms with Gasteiger partial charge in [0.15, 0.2) is 0 Å². The van der Waals surface area contributed by atoms with E-state index >= 15 is 0 Å². The first-order chi connectivity index (χ1) is 7.84. The van der Waals surface area contributed by atoms with Crippen LogP contribution >= 0.6 is 0 Å². The third-order valence-corrected chi connectivity index (χ3v) is 6.24. The van der Waals surface area contributed by atoms with E-state index in [4.69, 9.17) is 4.74 Å². The second kappa shape index (κ2) is 3.07. The number of hydrogen-bond donors (Lipinski definition) is 0. The molecule has 0 aromatic carbocycles. The Balaban J connectivity index is 2.15. The minimum Gasteiger partial charge on any atom is -0.461 e. The molecular formula is C15H24O2. The van der Waals surface area contributed by atoms with Crippen LogP contribution < -0.4 is 0 Å². The molecule has 2 nitrogen and oxygen atoms in total. The fourth-order valence-electron chi connectivity index (χ4n) is 6.12. The summed E-state index contributed by atoms with van der Waals surface area (Å²) in [6.45, 7) is 11.7. The molecule has 2 aliphatic carbocycles. The van der Waals surface area contributed by atoms with Crippen LogP contribution in [0.4, 0.5) is 0 Å². The topological polar surface area (TPSA) is 26.3 Å². The molecular weight excluding hydrogens is 212 g/mol. The monoisotopic (exact) mass is 236 g/mol. The minimum atomic E-state index is 0.0897. The summed E-state index contributed by atoms with van der Waals surface area (Å²) in [7, 11) is 0. The van der Waals surface area contributed by atoms with Gasteiger partial charge in [0.1, 0.15) is 6.10 Å². The SMILES string of the molecule is CC(C)C1(C(C)C)C2OC(=O)C3CC1(C)CC32. The van der Waals surface area contributed by atoms with Gasteiger partial charge in [-0.05, 0) is 30.1 Å². The van der Waals surface area contributed by atoms with Crippen LogP contribution in [0.2, 0.25) is 0 Å². The van der Waals surface area contributed by atoms with Gasteiger partial charge in [0.2, 0.25) is 0 Å². The predicted molar refractivity (Wildman–Crippen MR) is 66.3 cm³/mol. The molecule has 2 heteroatoms. The zero-order chi connectivity index (χ0) is 12.6. The highest BCUT2D eigenvalue weighted by Gasteiger charge is 2.75. The lowest BCUT2D eigenvalue weighted by molar-refractivity contribution is -0.153. The summed E-state index contributed by atoms with van der Waals surface area (Å²) < 4.78 is 5.80. The van der Waals surface area contributed by atoms with E-state index in [1.54, 1.807) is 0 Å². The van der Waals surface area contributed by atoms with Crippen molar-refractivity contribution in [2.45, 2.75) is 53.6 Å². The molecule has 0 aromatic heterocycles. The summed E-state index contributed by atoms with van der Waals surface area (Å²) in [4.78, 5) is 11.9. The molecule has 1 aliphatic heterocycles. The average Bonchev–Trinajstić information content (AvgIpc) is 2.71. The Kier molecular flexibility index (Phi) is 2.09. The van der Waals surface area contributed by atoms with Crippen molar-refractivity contribution in [1.82, 2.24) is 0 Å². The Labute approximate surface area is 104 Å². The summed E-state index contributed by atoms with van der Waals surface area (Å²) in [5, 5.41) is 0. The number of carbonyl (C=O) groups is 1. The van der Waals surface area contributed by atoms with Crippen molar-refractivity contribution >= 4 is 5.97 Å². The molecule has 0 aromatic rings. The Morgan fingerprint density at radius 1 is 1.18 bits per heavy atom. The molecule has 0 amide bonds. The summed E-state index contributed by atoms with van der Waals surface area (Å²) in [6, 6.07) is 0. The van der Waals surface area contributed by atoms with Crippen LogP contribution in [0.3, 0.4) is 0 Å². The van der Waals surface area contributed by atoms with Gasteiger partial charge in [-0.1, -0.05) is 34.6 Å². The molecule has 1 heterocycles. The number of ether oxygens (including phenoxy) is 1. The standard InChI is InChI=1S/C15H24O2/c1-8(2)15(9(3)4)12-10-6-14(15,5)7-11(10)13(16)17-12/h8-12H,6-7H2,1-5H3. The van der Waals surface area contributed by atoms with Crippen LogP contribution in [0.1, 0.15) is 47.5 Å². The largest absolute Gasteiger partial charge is 0.461 e. The molecule has 2 bridgehead atoms. The van der Waals surface area contributed by atoms with Crippen LogP contribution in [-0.4, -0.2) is 12.1 Å². The zero-order valence-corrected chi connectivity index (χ0v) is 11.6. The highest BCUT2D eigenvalue weighted by Crippen LogP contribution is 2.74. The van der Waals surface area contributed by atoms with Gasteiger partial charge in [-0.25, -0.2) is 0 Å². The van der Waals surface area contributed by atoms with Gasteiger partial charge in [-0.2, -0.15) is 0 Å². The van der Waals surface area contributed by atoms with Crippen LogP contribution in [0, 0.1) is 34.5 Å². The average molecular weight is 236 g/mol. The third kappa shape index (κ3) is 1.02. The zero-order valence-electron chi connectivity index (χ0n) is 11.6. The Hall–Kier alpha value is -0.530. The molecule has 3 aliphatic rings. The Bertz CT molecular complexity index is 363. The maximum absolute atomic E-state index is 11.9. The van der Waals surface area contributed by atoms with E-state index in [1.807, 2.05) is 0 Å². The number of carbonyl (C=O) groups excluding carboxylic acids is 1. The molecule has 4 unspecified atom stereocenters. The molecule has 17 heavy (non-hydrogen) atoms. The summed E-state index contributed by atoms with van der Waals surface area (Å²) in [5.41, 5.74) is 0.502. The molecule has 0 N–H and O–H groups in total. The van der Waals surface area contributed by atoms with Crippen molar-refractivity contribution in [3.8, 4) is 0 Å². The number of hydrogen-bond acceptors (Lipinski definition) is 2. The lowest BCUT2D eigenvalue weighted by Gasteiger charge is -2.52. The summed E-state index contributed by atoms with van der Waals surface area (Å²) in [5.74, 6) is 1.98. The second-order valence-electron chi connectivity index (χ2n) is 7.34. The van der Waals surface area contributed by atoms with Crippen molar-refractivity contribution in [2.75, 3.05) is 0 Å². The molecule has 0 radical (unpaired) electrons. The molecule has 4 atom stereocenters. The lowest BCUT2D eigenvalue weighted by Crippen LogP contribution is -2.52. The Morgan fingerprint density at radius 2 is 1.76 bits per heavy atom. The highest BCUT2D eigenvalue weighted by atomic mass is 16.6. The fourth-order valence-corrected chi connectivity index (χ4v) is 6.12. The normalized spacial score (nSPS) is 46.1. The highest BCUT2D eigenvalue weighted by molar-refractivity contribution is 5.77. The first-order valence-electron chi connectivity index (χ1n) is 7.05. The van der Waals surface area contributed by atoms with Crippen LogP contribution in [0.5, 0.6) is 0 Å². The molecule has 96 valence electrons. The quantitative estimate of drug-likeness (QED) is 0.688. The van der Waals surface area contributed by atoms with E-state index in [9.17, 15) is 4.79 Å². The fraction of sp³-hybridized carbons (Fsp3) is 0.933. The molecule has 3 rings (SSSR count). The van der Waals surface area contributed by atoms with Gasteiger partial charge in [0, 0.05) is 11.3 Å². The van der Waals surface area contributed by atoms with Crippen LogP contribution in [-0.2, 0) is 9.53 Å². The van der Waals surface area contributed by atoms with E-state index in [2.05, 4.69) is 34.6 Å². The van der Waals surface area contributed by atoms with Gasteiger partial charge < -0.3 is 4.74 Å². The van der Waals surface area contributed by atoms with Gasteiger partial charge in [0.25, 0.3) is 0 Å². The number of fused-ring (bicyclic) bond motifs is 1. The Morgan fingerprint density at radius 3 is 2.29 bits per heavy atom. The van der Waals surface area contributed by atoms with E-state index < -0.39 is 0 Å². The molecule has 0 spiro atoms. The van der Waals surface area contributed by atoms with Gasteiger partial charge in [-0.3, -0.25) is 4.79 Å². The number of rotatable bonds is 2. The van der Waals surface area contributed by atoms with Gasteiger partial charge in [-0.15, -0.1) is 0 Å². The van der Waals surface area contributed by atoms with E-state index in [-0.39, 0.29) is 23.4 Å². The number of esters is 1. The van der Waals surface area contributed by atoms with Crippen LogP contribution in [0.25, 0.3) is 0 Å². The lowest BCUT2D eigenvalue weighted by atomic mass is 9.51. The molecule has 3 fully saturated rings. The molecule has 1 saturated heterocycles. The van der Waals surface area contributed by atoms with Gasteiger partial charge in [0.05, 0.1) is 5.92 Å². The van der Waals surface area contributed by atoms with Crippen molar-refractivity contribution < 1.29 is 9.53 Å². The summed E-state index contributed by atoms with van der Waals surface area (Å²) in [6.07, 6.45) is 2.45. The third-order valence-electron chi connectivity index (χ3n) is 6.24. The predicted octanol–water partition coefficient (Wildman–Crippen LogP) is 3.26. The smallest absolute Gasteiger partial charge is 0.309 e.